The van der Waals surface area contributed by atoms with E-state index in [0.29, 0.717) is 22.0 Å². The van der Waals surface area contributed by atoms with Crippen LogP contribution in [0.15, 0.2) is 42.5 Å². The van der Waals surface area contributed by atoms with Gasteiger partial charge in [-0.05, 0) is 30.3 Å². The van der Waals surface area contributed by atoms with Gasteiger partial charge in [0.15, 0.2) is 0 Å². The zero-order chi connectivity index (χ0) is 16.8. The molecule has 4 N–H and O–H groups in total. The maximum absolute atomic E-state index is 12.0. The molecule has 0 unspecified atom stereocenters. The number of nitrogens with two attached hydrogens (primary N) is 1. The first kappa shape index (κ1) is 16.6. The topological polar surface area (TPSA) is 93.5 Å². The number of hydrogen-bond acceptors (Lipinski definition) is 4. The normalized spacial score (nSPS) is 10.0. The molecule has 0 saturated heterocycles. The molecule has 0 atom stereocenters. The number of carbonyl (C=O) groups excluding carboxylic acids is 2. The monoisotopic (exact) mass is 333 g/mol. The third-order valence-corrected chi connectivity index (χ3v) is 3.35. The van der Waals surface area contributed by atoms with Crippen molar-refractivity contribution >= 4 is 29.2 Å². The second-order valence-corrected chi connectivity index (χ2v) is 5.12. The molecule has 2 rings (SSSR count). The number of anilines is 1. The quantitative estimate of drug-likeness (QED) is 0.750. The van der Waals surface area contributed by atoms with E-state index in [0.717, 1.165) is 0 Å². The van der Waals surface area contributed by atoms with Crippen LogP contribution in [0.2, 0.25) is 5.02 Å². The molecule has 0 aliphatic carbocycles. The van der Waals surface area contributed by atoms with Gasteiger partial charge in [0, 0.05) is 22.8 Å². The van der Waals surface area contributed by atoms with Gasteiger partial charge in [-0.15, -0.1) is 0 Å². The number of amides is 3. The fourth-order valence-electron chi connectivity index (χ4n) is 1.98. The molecule has 0 radical (unpaired) electrons. The van der Waals surface area contributed by atoms with Crippen molar-refractivity contribution in [2.45, 2.75) is 6.54 Å². The molecule has 0 bridgehead atoms. The number of imide groups is 1. The number of ether oxygens (including phenoxy) is 1. The van der Waals surface area contributed by atoms with Crippen molar-refractivity contribution in [1.29, 1.82) is 0 Å². The van der Waals surface area contributed by atoms with Gasteiger partial charge in [0.25, 0.3) is 5.91 Å². The molecule has 0 heterocycles. The number of hydrogen-bond donors (Lipinski definition) is 3. The molecule has 6 nitrogen and oxygen atoms in total. The number of methoxy groups -OCH3 is 1. The van der Waals surface area contributed by atoms with Gasteiger partial charge in [0.2, 0.25) is 0 Å². The molecule has 0 fully saturated rings. The summed E-state index contributed by atoms with van der Waals surface area (Å²) >= 11 is 5.92. The highest BCUT2D eigenvalue weighted by Crippen LogP contribution is 2.22. The van der Waals surface area contributed by atoms with Gasteiger partial charge in [0.05, 0.1) is 12.7 Å². The van der Waals surface area contributed by atoms with Crippen LogP contribution in [0.5, 0.6) is 5.75 Å². The highest BCUT2D eigenvalue weighted by Gasteiger charge is 2.13. The number of benzene rings is 2. The van der Waals surface area contributed by atoms with Crippen LogP contribution in [-0.4, -0.2) is 19.0 Å². The molecule has 23 heavy (non-hydrogen) atoms. The maximum Gasteiger partial charge on any atom is 0.321 e. The number of carbonyl (C=O) groups is 2. The number of rotatable bonds is 4. The highest BCUT2D eigenvalue weighted by molar-refractivity contribution is 6.30. The molecule has 7 heteroatoms. The first-order valence-corrected chi connectivity index (χ1v) is 7.15. The predicted molar refractivity (Wildman–Crippen MR) is 88.6 cm³/mol. The Morgan fingerprint density at radius 1 is 1.22 bits per heavy atom. The van der Waals surface area contributed by atoms with Crippen LogP contribution in [-0.2, 0) is 6.54 Å². The summed E-state index contributed by atoms with van der Waals surface area (Å²) in [7, 11) is 1.52. The van der Waals surface area contributed by atoms with Crippen LogP contribution in [0, 0.1) is 0 Å². The van der Waals surface area contributed by atoms with Crippen LogP contribution >= 0.6 is 11.6 Å². The van der Waals surface area contributed by atoms with Crippen molar-refractivity contribution in [1.82, 2.24) is 10.6 Å². The van der Waals surface area contributed by atoms with Crippen LogP contribution in [0.3, 0.4) is 0 Å². The average molecular weight is 334 g/mol. The lowest BCUT2D eigenvalue weighted by Gasteiger charge is -2.11. The van der Waals surface area contributed by atoms with Gasteiger partial charge >= 0.3 is 6.03 Å². The van der Waals surface area contributed by atoms with E-state index in [-0.39, 0.29) is 12.1 Å². The number of nitrogen functional groups attached to an aromatic ring is 1. The first-order valence-electron chi connectivity index (χ1n) is 6.77. The van der Waals surface area contributed by atoms with Crippen molar-refractivity contribution < 1.29 is 14.3 Å². The van der Waals surface area contributed by atoms with E-state index in [9.17, 15) is 9.59 Å². The molecule has 0 saturated carbocycles. The molecule has 2 aromatic rings. The van der Waals surface area contributed by atoms with Gasteiger partial charge < -0.3 is 15.8 Å². The zero-order valence-electron chi connectivity index (χ0n) is 12.4. The van der Waals surface area contributed by atoms with Crippen molar-refractivity contribution in [3.8, 4) is 5.75 Å². The van der Waals surface area contributed by atoms with Crippen molar-refractivity contribution in [3.05, 3.63) is 58.6 Å². The third kappa shape index (κ3) is 4.37. The summed E-state index contributed by atoms with van der Waals surface area (Å²) in [5.41, 5.74) is 6.93. The van der Waals surface area contributed by atoms with Crippen LogP contribution in [0.25, 0.3) is 0 Å². The van der Waals surface area contributed by atoms with E-state index in [2.05, 4.69) is 10.6 Å². The van der Waals surface area contributed by atoms with Gasteiger partial charge in [0.1, 0.15) is 5.75 Å². The number of urea groups is 1. The van der Waals surface area contributed by atoms with E-state index in [1.54, 1.807) is 36.4 Å². The Bertz CT molecular complexity index is 734. The first-order chi connectivity index (χ1) is 11.0. The minimum absolute atomic E-state index is 0.160. The minimum atomic E-state index is -0.639. The molecule has 120 valence electrons. The molecule has 0 spiro atoms. The summed E-state index contributed by atoms with van der Waals surface area (Å²) in [6.07, 6.45) is 0. The summed E-state index contributed by atoms with van der Waals surface area (Å²) in [5.74, 6) is 0.0204. The third-order valence-electron chi connectivity index (χ3n) is 3.11. The summed E-state index contributed by atoms with van der Waals surface area (Å²) < 4.78 is 5.18. The smallest absolute Gasteiger partial charge is 0.321 e. The number of halogens is 1. The predicted octanol–water partition coefficient (Wildman–Crippen LogP) is 2.57. The summed E-state index contributed by atoms with van der Waals surface area (Å²) in [5, 5.41) is 5.31. The zero-order valence-corrected chi connectivity index (χ0v) is 13.2. The van der Waals surface area contributed by atoms with Crippen LogP contribution < -0.4 is 21.1 Å². The molecular weight excluding hydrogens is 318 g/mol. The van der Waals surface area contributed by atoms with E-state index < -0.39 is 11.9 Å². The maximum atomic E-state index is 12.0. The molecule has 0 aliphatic heterocycles. The molecule has 3 amide bonds. The van der Waals surface area contributed by atoms with E-state index in [1.165, 1.54) is 13.2 Å². The number of nitrogens with one attached hydrogen (secondary N) is 2. The van der Waals surface area contributed by atoms with Crippen molar-refractivity contribution in [2.24, 2.45) is 0 Å². The minimum Gasteiger partial charge on any atom is -0.496 e. The van der Waals surface area contributed by atoms with Crippen LogP contribution in [0.4, 0.5) is 10.5 Å². The Balaban J connectivity index is 1.97. The van der Waals surface area contributed by atoms with E-state index >= 15 is 0 Å². The fraction of sp³-hybridized carbons (Fsp3) is 0.125. The van der Waals surface area contributed by atoms with E-state index in [1.807, 2.05) is 0 Å². The van der Waals surface area contributed by atoms with Crippen molar-refractivity contribution in [2.75, 3.05) is 12.8 Å². The van der Waals surface area contributed by atoms with Gasteiger partial charge in [-0.1, -0.05) is 23.7 Å². The summed E-state index contributed by atoms with van der Waals surface area (Å²) in [6, 6.07) is 10.9. The second-order valence-electron chi connectivity index (χ2n) is 4.68. The largest absolute Gasteiger partial charge is 0.496 e. The van der Waals surface area contributed by atoms with E-state index in [4.69, 9.17) is 22.1 Å². The second kappa shape index (κ2) is 7.51. The lowest BCUT2D eigenvalue weighted by Crippen LogP contribution is -2.39. The SMILES string of the molecule is COc1ccc(Cl)cc1CNC(=O)NC(=O)c1ccccc1N. The number of para-hydroxylation sites is 1. The van der Waals surface area contributed by atoms with Crippen LogP contribution in [0.1, 0.15) is 15.9 Å². The Labute approximate surface area is 138 Å². The van der Waals surface area contributed by atoms with Gasteiger partial charge in [-0.2, -0.15) is 0 Å². The molecule has 0 aromatic heterocycles. The van der Waals surface area contributed by atoms with Crippen molar-refractivity contribution in [3.63, 3.8) is 0 Å². The molecular formula is C16H16ClN3O3. The Kier molecular flexibility index (Phi) is 5.43. The van der Waals surface area contributed by atoms with Gasteiger partial charge in [-0.3, -0.25) is 10.1 Å². The average Bonchev–Trinajstić information content (AvgIpc) is 2.53. The Morgan fingerprint density at radius 2 is 1.96 bits per heavy atom. The molecule has 0 aliphatic rings. The Morgan fingerprint density at radius 3 is 2.65 bits per heavy atom. The summed E-state index contributed by atoms with van der Waals surface area (Å²) in [4.78, 5) is 23.8. The summed E-state index contributed by atoms with van der Waals surface area (Å²) in [6.45, 7) is 0.160. The lowest BCUT2D eigenvalue weighted by molar-refractivity contribution is 0.0965. The van der Waals surface area contributed by atoms with Gasteiger partial charge in [-0.25, -0.2) is 4.79 Å². The highest BCUT2D eigenvalue weighted by atomic mass is 35.5. The fourth-order valence-corrected chi connectivity index (χ4v) is 2.17. The standard InChI is InChI=1S/C16H16ClN3O3/c1-23-14-7-6-11(17)8-10(14)9-19-16(22)20-15(21)12-4-2-3-5-13(12)18/h2-8H,9,18H2,1H3,(H2,19,20,21,22). The Hall–Kier alpha value is -2.73. The lowest BCUT2D eigenvalue weighted by atomic mass is 10.2. The molecule has 2 aromatic carbocycles.